The van der Waals surface area contributed by atoms with Crippen LogP contribution in [0.4, 0.5) is 10.5 Å². The fourth-order valence-corrected chi connectivity index (χ4v) is 1.16. The molecule has 1 rings (SSSR count). The third-order valence-corrected chi connectivity index (χ3v) is 1.85. The maximum absolute atomic E-state index is 11.4. The van der Waals surface area contributed by atoms with Crippen molar-refractivity contribution in [3.05, 3.63) is 36.8 Å². The van der Waals surface area contributed by atoms with Crippen molar-refractivity contribution in [2.45, 2.75) is 26.4 Å². The number of carbonyl (C=O) groups is 2. The maximum Gasteiger partial charge on any atom is 0.412 e. The molecule has 0 aliphatic rings. The van der Waals surface area contributed by atoms with E-state index in [4.69, 9.17) is 4.74 Å². The molecule has 0 spiro atoms. The summed E-state index contributed by atoms with van der Waals surface area (Å²) in [7, 11) is 0. The van der Waals surface area contributed by atoms with Crippen molar-refractivity contribution in [1.29, 1.82) is 0 Å². The molecule has 0 fully saturated rings. The number of hydrogen-bond acceptors (Lipinski definition) is 3. The molecule has 0 aromatic heterocycles. The molecule has 1 aromatic rings. The molecule has 1 aromatic carbocycles. The number of carbonyl (C=O) groups excluding carboxylic acids is 2. The van der Waals surface area contributed by atoms with E-state index < -0.39 is 11.7 Å². The fourth-order valence-electron chi connectivity index (χ4n) is 1.16. The number of anilines is 1. The summed E-state index contributed by atoms with van der Waals surface area (Å²) < 4.78 is 5.09. The van der Waals surface area contributed by atoms with Crippen LogP contribution in [0, 0.1) is 6.92 Å². The second-order valence-corrected chi connectivity index (χ2v) is 4.63. The van der Waals surface area contributed by atoms with Gasteiger partial charge in [-0.15, -0.1) is 0 Å². The van der Waals surface area contributed by atoms with Gasteiger partial charge in [-0.3, -0.25) is 10.1 Å². The molecule has 1 radical (unpaired) electrons. The Bertz CT molecular complexity index is 415. The van der Waals surface area contributed by atoms with Gasteiger partial charge in [0, 0.05) is 18.2 Å². The summed E-state index contributed by atoms with van der Waals surface area (Å²) in [6.07, 6.45) is -0.522. The molecule has 0 unspecified atom stereocenters. The van der Waals surface area contributed by atoms with E-state index >= 15 is 0 Å². The minimum absolute atomic E-state index is 0.256. The monoisotopic (exact) mass is 234 g/mol. The van der Waals surface area contributed by atoms with Gasteiger partial charge in [0.15, 0.2) is 5.78 Å². The van der Waals surface area contributed by atoms with E-state index in [2.05, 4.69) is 12.2 Å². The van der Waals surface area contributed by atoms with Crippen molar-refractivity contribution in [1.82, 2.24) is 0 Å². The van der Waals surface area contributed by atoms with Gasteiger partial charge in [0.05, 0.1) is 0 Å². The van der Waals surface area contributed by atoms with Gasteiger partial charge in [-0.2, -0.15) is 0 Å². The van der Waals surface area contributed by atoms with Gasteiger partial charge < -0.3 is 4.74 Å². The lowest BCUT2D eigenvalue weighted by atomic mass is 10.1. The number of nitrogens with one attached hydrogen (secondary N) is 1. The molecule has 0 atom stereocenters. The lowest BCUT2D eigenvalue weighted by molar-refractivity contribution is 0.0636. The van der Waals surface area contributed by atoms with Crippen LogP contribution in [0.25, 0.3) is 0 Å². The van der Waals surface area contributed by atoms with Gasteiger partial charge in [-0.25, -0.2) is 4.79 Å². The highest BCUT2D eigenvalue weighted by atomic mass is 16.6. The zero-order chi connectivity index (χ0) is 13.1. The zero-order valence-corrected chi connectivity index (χ0v) is 10.2. The van der Waals surface area contributed by atoms with Gasteiger partial charge in [0.1, 0.15) is 5.60 Å². The molecule has 0 saturated heterocycles. The quantitative estimate of drug-likeness (QED) is 0.800. The van der Waals surface area contributed by atoms with Gasteiger partial charge in [-0.1, -0.05) is 0 Å². The Morgan fingerprint density at radius 2 is 1.71 bits per heavy atom. The lowest BCUT2D eigenvalue weighted by Gasteiger charge is -2.19. The summed E-state index contributed by atoms with van der Waals surface area (Å²) in [5, 5.41) is 2.57. The molecule has 0 saturated carbocycles. The van der Waals surface area contributed by atoms with Crippen molar-refractivity contribution in [3.63, 3.8) is 0 Å². The molecule has 0 aliphatic heterocycles. The van der Waals surface area contributed by atoms with Gasteiger partial charge >= 0.3 is 6.09 Å². The average molecular weight is 234 g/mol. The van der Waals surface area contributed by atoms with Crippen LogP contribution in [-0.4, -0.2) is 17.5 Å². The Morgan fingerprint density at radius 1 is 1.18 bits per heavy atom. The summed E-state index contributed by atoms with van der Waals surface area (Å²) >= 11 is 0. The smallest absolute Gasteiger partial charge is 0.412 e. The summed E-state index contributed by atoms with van der Waals surface area (Å²) in [6.45, 7) is 8.66. The van der Waals surface area contributed by atoms with Crippen LogP contribution < -0.4 is 5.32 Å². The van der Waals surface area contributed by atoms with Gasteiger partial charge in [0.25, 0.3) is 0 Å². The van der Waals surface area contributed by atoms with Crippen LogP contribution in [0.3, 0.4) is 0 Å². The standard InChI is InChI=1S/C13H16NO3/c1-9(15)10-5-7-11(8-6-10)14-12(16)17-13(2,3)4/h5-8H,1H2,2-4H3,(H,14,16). The number of amides is 1. The van der Waals surface area contributed by atoms with Crippen molar-refractivity contribution in [3.8, 4) is 0 Å². The number of ether oxygens (including phenoxy) is 1. The van der Waals surface area contributed by atoms with Crippen molar-refractivity contribution < 1.29 is 14.3 Å². The normalized spacial score (nSPS) is 10.8. The molecular formula is C13H16NO3. The Labute approximate surface area is 101 Å². The van der Waals surface area contributed by atoms with E-state index in [-0.39, 0.29) is 5.78 Å². The predicted octanol–water partition coefficient (Wildman–Crippen LogP) is 3.05. The first-order valence-corrected chi connectivity index (χ1v) is 5.24. The molecule has 4 heteroatoms. The molecule has 0 aliphatic carbocycles. The SMILES string of the molecule is [CH2]C(=O)c1ccc(NC(=O)OC(C)(C)C)cc1. The Balaban J connectivity index is 2.64. The van der Waals surface area contributed by atoms with Crippen LogP contribution in [0.15, 0.2) is 24.3 Å². The highest BCUT2D eigenvalue weighted by Gasteiger charge is 2.16. The molecule has 1 N–H and O–H groups in total. The van der Waals surface area contributed by atoms with E-state index in [0.29, 0.717) is 11.3 Å². The zero-order valence-electron chi connectivity index (χ0n) is 10.2. The second kappa shape index (κ2) is 4.99. The van der Waals surface area contributed by atoms with Gasteiger partial charge in [0.2, 0.25) is 0 Å². The Morgan fingerprint density at radius 3 is 2.12 bits per heavy atom. The minimum Gasteiger partial charge on any atom is -0.444 e. The van der Waals surface area contributed by atoms with Crippen LogP contribution >= 0.6 is 0 Å². The van der Waals surface area contributed by atoms with E-state index in [0.717, 1.165) is 0 Å². The number of Topliss-reactive ketones (excluding diaryl/α,β-unsaturated/α-hetero) is 1. The van der Waals surface area contributed by atoms with E-state index in [9.17, 15) is 9.59 Å². The molecule has 0 bridgehead atoms. The van der Waals surface area contributed by atoms with Crippen molar-refractivity contribution in [2.75, 3.05) is 5.32 Å². The van der Waals surface area contributed by atoms with Crippen molar-refractivity contribution in [2.24, 2.45) is 0 Å². The lowest BCUT2D eigenvalue weighted by Crippen LogP contribution is -2.27. The average Bonchev–Trinajstić information content (AvgIpc) is 2.15. The summed E-state index contributed by atoms with van der Waals surface area (Å²) in [4.78, 5) is 22.4. The second-order valence-electron chi connectivity index (χ2n) is 4.63. The summed E-state index contributed by atoms with van der Waals surface area (Å²) in [5.41, 5.74) is 0.539. The van der Waals surface area contributed by atoms with Crippen molar-refractivity contribution >= 4 is 17.6 Å². The maximum atomic E-state index is 11.4. The predicted molar refractivity (Wildman–Crippen MR) is 66.0 cm³/mol. The first-order valence-electron chi connectivity index (χ1n) is 5.24. The molecule has 4 nitrogen and oxygen atoms in total. The topological polar surface area (TPSA) is 55.4 Å². The van der Waals surface area contributed by atoms with E-state index in [1.54, 1.807) is 45.0 Å². The number of rotatable bonds is 2. The molecule has 0 heterocycles. The van der Waals surface area contributed by atoms with Crippen LogP contribution in [0.2, 0.25) is 0 Å². The number of hydrogen-bond donors (Lipinski definition) is 1. The highest BCUT2D eigenvalue weighted by molar-refractivity contribution is 5.99. The summed E-state index contributed by atoms with van der Waals surface area (Å²) in [5.74, 6) is -0.256. The van der Waals surface area contributed by atoms with E-state index in [1.165, 1.54) is 0 Å². The largest absolute Gasteiger partial charge is 0.444 e. The minimum atomic E-state index is -0.534. The van der Waals surface area contributed by atoms with Crippen LogP contribution in [-0.2, 0) is 4.74 Å². The number of ketones is 1. The molecule has 1 amide bonds. The fraction of sp³-hybridized carbons (Fsp3) is 0.308. The van der Waals surface area contributed by atoms with Gasteiger partial charge in [-0.05, 0) is 45.0 Å². The van der Waals surface area contributed by atoms with E-state index in [1.807, 2.05) is 0 Å². The third kappa shape index (κ3) is 4.68. The molecule has 91 valence electrons. The van der Waals surface area contributed by atoms with Crippen LogP contribution in [0.1, 0.15) is 31.1 Å². The summed E-state index contributed by atoms with van der Waals surface area (Å²) in [6, 6.07) is 6.45. The first kappa shape index (κ1) is 13.2. The number of benzene rings is 1. The molecule has 17 heavy (non-hydrogen) atoms. The molecular weight excluding hydrogens is 218 g/mol. The Hall–Kier alpha value is -1.84. The first-order chi connectivity index (χ1) is 7.78. The highest BCUT2D eigenvalue weighted by Crippen LogP contribution is 2.13. The Kier molecular flexibility index (Phi) is 3.89. The third-order valence-electron chi connectivity index (χ3n) is 1.85. The van der Waals surface area contributed by atoms with Crippen LogP contribution in [0.5, 0.6) is 0 Å².